The van der Waals surface area contributed by atoms with Gasteiger partial charge < -0.3 is 0 Å². The van der Waals surface area contributed by atoms with Crippen LogP contribution in [0.4, 0.5) is 74.6 Å². The lowest BCUT2D eigenvalue weighted by molar-refractivity contribution is -0.349. The molecule has 0 aliphatic heterocycles. The van der Waals surface area contributed by atoms with Crippen LogP contribution in [0, 0.1) is 0 Å². The third-order valence-electron chi connectivity index (χ3n) is 6.21. The van der Waals surface area contributed by atoms with Gasteiger partial charge in [-0.05, 0) is 36.4 Å². The Kier molecular flexibility index (Phi) is 10.6. The van der Waals surface area contributed by atoms with E-state index in [4.69, 9.17) is 34.8 Å². The first kappa shape index (κ1) is 40.0. The Morgan fingerprint density at radius 3 is 1.04 bits per heavy atom. The molecule has 0 spiro atoms. The first-order chi connectivity index (χ1) is 22.0. The van der Waals surface area contributed by atoms with E-state index in [2.05, 4.69) is 10.2 Å². The van der Waals surface area contributed by atoms with Crippen LogP contribution in [0.3, 0.4) is 0 Å². The van der Waals surface area contributed by atoms with Gasteiger partial charge in [0.05, 0.1) is 26.3 Å². The molecule has 0 saturated heterocycles. The zero-order valence-electron chi connectivity index (χ0n) is 22.6. The molecule has 0 aliphatic rings. The predicted molar refractivity (Wildman–Crippen MR) is 137 cm³/mol. The molecule has 0 radical (unpaired) electrons. The molecule has 4 nitrogen and oxygen atoms in total. The van der Waals surface area contributed by atoms with E-state index in [1.165, 1.54) is 18.5 Å². The predicted octanol–water partition coefficient (Wildman–Crippen LogP) is 11.3. The van der Waals surface area contributed by atoms with Crippen LogP contribution < -0.4 is 0 Å². The minimum atomic E-state index is -6.58. The van der Waals surface area contributed by atoms with Gasteiger partial charge >= 0.3 is 42.2 Å². The average molecular weight is 796 g/mol. The summed E-state index contributed by atoms with van der Waals surface area (Å²) in [7, 11) is 0. The lowest BCUT2D eigenvalue weighted by atomic mass is 9.92. The van der Waals surface area contributed by atoms with Crippen molar-refractivity contribution in [3.05, 3.63) is 92.9 Å². The Hall–Kier alpha value is -3.46. The molecule has 0 atom stereocenters. The first-order valence-corrected chi connectivity index (χ1v) is 13.2. The Bertz CT molecular complexity index is 1700. The molecule has 2 aromatic heterocycles. The molecular weight excluding hydrogens is 786 g/mol. The van der Waals surface area contributed by atoms with E-state index in [1.807, 2.05) is 0 Å². The maximum atomic E-state index is 14.1. The average Bonchev–Trinajstić information content (AvgIpc) is 3.63. The van der Waals surface area contributed by atoms with Crippen LogP contribution in [-0.2, 0) is 17.5 Å². The molecule has 270 valence electrons. The van der Waals surface area contributed by atoms with E-state index >= 15 is 0 Å². The van der Waals surface area contributed by atoms with Crippen molar-refractivity contribution in [1.29, 1.82) is 0 Å². The Labute approximate surface area is 275 Å². The van der Waals surface area contributed by atoms with Gasteiger partial charge in [0, 0.05) is 35.9 Å². The summed E-state index contributed by atoms with van der Waals surface area (Å²) in [6.07, 6.45) is -26.6. The fraction of sp³-hybridized carbons (Fsp3) is 0.280. The summed E-state index contributed by atoms with van der Waals surface area (Å²) in [4.78, 5) is 0. The molecule has 0 amide bonds. The Balaban J connectivity index is 0.000000267. The Morgan fingerprint density at radius 1 is 0.449 bits per heavy atom. The molecule has 0 aliphatic carbocycles. The third-order valence-corrected chi connectivity index (χ3v) is 7.08. The molecule has 4 aromatic rings. The second-order valence-electron chi connectivity index (χ2n) is 9.35. The lowest BCUT2D eigenvalue weighted by Gasteiger charge is -2.31. The molecule has 4 rings (SSSR count). The molecule has 0 unspecified atom stereocenters. The number of rotatable bonds is 4. The highest BCUT2D eigenvalue weighted by Crippen LogP contribution is 2.56. The maximum absolute atomic E-state index is 14.1. The Morgan fingerprint density at radius 2 is 0.755 bits per heavy atom. The van der Waals surface area contributed by atoms with Crippen LogP contribution in [0.2, 0.25) is 15.1 Å². The quantitative estimate of drug-likeness (QED) is 0.193. The van der Waals surface area contributed by atoms with Crippen LogP contribution in [-0.4, -0.2) is 44.3 Å². The van der Waals surface area contributed by atoms with Gasteiger partial charge in [-0.3, -0.25) is 0 Å². The van der Waals surface area contributed by atoms with Gasteiger partial charge in [-0.2, -0.15) is 76.1 Å². The number of benzene rings is 2. The molecule has 0 saturated carbocycles. The summed E-state index contributed by atoms with van der Waals surface area (Å²) >= 11 is 16.8. The topological polar surface area (TPSA) is 35.6 Å². The van der Waals surface area contributed by atoms with Crippen molar-refractivity contribution in [2.24, 2.45) is 0 Å². The molecule has 0 N–H and O–H groups in total. The highest BCUT2D eigenvalue weighted by atomic mass is 35.5. The van der Waals surface area contributed by atoms with Crippen LogP contribution >= 0.6 is 34.8 Å². The van der Waals surface area contributed by atoms with Crippen LogP contribution in [0.15, 0.2) is 61.2 Å². The molecule has 24 heteroatoms. The van der Waals surface area contributed by atoms with Crippen molar-refractivity contribution < 1.29 is 74.6 Å². The molecule has 49 heavy (non-hydrogen) atoms. The summed E-state index contributed by atoms with van der Waals surface area (Å²) in [6, 6.07) is 2.27. The smallest absolute Gasteiger partial charge is 0.239 e. The van der Waals surface area contributed by atoms with Crippen molar-refractivity contribution >= 4 is 34.8 Å². The highest BCUT2D eigenvalue weighted by molar-refractivity contribution is 6.37. The van der Waals surface area contributed by atoms with E-state index in [0.717, 1.165) is 23.1 Å². The lowest BCUT2D eigenvalue weighted by Crippen LogP contribution is -2.50. The van der Waals surface area contributed by atoms with Crippen LogP contribution in [0.25, 0.3) is 11.4 Å². The van der Waals surface area contributed by atoms with Gasteiger partial charge in [-0.1, -0.05) is 34.8 Å². The number of aromatic nitrogens is 4. The minimum Gasteiger partial charge on any atom is -0.239 e. The zero-order valence-corrected chi connectivity index (χ0v) is 24.9. The van der Waals surface area contributed by atoms with Gasteiger partial charge in [-0.15, -0.1) is 0 Å². The molecule has 0 fully saturated rings. The highest BCUT2D eigenvalue weighted by Gasteiger charge is 2.74. The van der Waals surface area contributed by atoms with E-state index in [1.54, 1.807) is 0 Å². The van der Waals surface area contributed by atoms with E-state index in [9.17, 15) is 74.6 Å². The summed E-state index contributed by atoms with van der Waals surface area (Å²) in [5.41, 5.74) is -19.0. The van der Waals surface area contributed by atoms with Crippen molar-refractivity contribution in [2.75, 3.05) is 0 Å². The van der Waals surface area contributed by atoms with E-state index < -0.39 is 85.7 Å². The van der Waals surface area contributed by atoms with Crippen LogP contribution in [0.1, 0.15) is 16.7 Å². The summed E-state index contributed by atoms with van der Waals surface area (Å²) < 4.78 is 222. The van der Waals surface area contributed by atoms with Gasteiger partial charge in [0.1, 0.15) is 5.69 Å². The summed E-state index contributed by atoms with van der Waals surface area (Å²) in [6.45, 7) is 0. The maximum Gasteiger partial charge on any atom is 0.435 e. The number of halogens is 20. The van der Waals surface area contributed by atoms with E-state index in [-0.39, 0.29) is 23.9 Å². The van der Waals surface area contributed by atoms with Gasteiger partial charge in [0.25, 0.3) is 0 Å². The normalized spacial score (nSPS) is 13.7. The summed E-state index contributed by atoms with van der Waals surface area (Å²) in [5.74, 6) is 0. The van der Waals surface area contributed by atoms with E-state index in [0.29, 0.717) is 4.68 Å². The standard InChI is InChI=1S/C13H5ClF10N2.C12H5Cl2F7N2/c14-8-5-6(10(15,12(19,20)21)13(22,23)24)4-7(11(16,17)18)9(8)26-3-1-2-25-26;13-7-4-6(10(15,11(16,17)18)12(19,20)21)5-8(14)9(7)23-3-1-2-22-23/h1-5H;1-5H. The second-order valence-corrected chi connectivity index (χ2v) is 10.6. The minimum absolute atomic E-state index is 0.158. The third kappa shape index (κ3) is 7.38. The SMILES string of the molecule is FC(F)(F)C(F)(c1cc(Cl)c(-n2cccn2)c(Cl)c1)C(F)(F)F.FC(F)(F)c1cc(C(F)(C(F)(F)F)C(F)(F)F)cc(Cl)c1-n1cccn1. The molecule has 2 aromatic carbocycles. The zero-order chi connectivity index (χ0) is 37.8. The first-order valence-electron chi connectivity index (χ1n) is 12.1. The molecule has 2 heterocycles. The largest absolute Gasteiger partial charge is 0.435 e. The van der Waals surface area contributed by atoms with Crippen molar-refractivity contribution in [2.45, 2.75) is 42.2 Å². The van der Waals surface area contributed by atoms with Crippen molar-refractivity contribution in [3.8, 4) is 11.4 Å². The second kappa shape index (κ2) is 13.0. The van der Waals surface area contributed by atoms with Gasteiger partial charge in [0.15, 0.2) is 0 Å². The fourth-order valence-electron chi connectivity index (χ4n) is 4.01. The van der Waals surface area contributed by atoms with Gasteiger partial charge in [-0.25, -0.2) is 18.1 Å². The van der Waals surface area contributed by atoms with Crippen molar-refractivity contribution in [1.82, 2.24) is 19.6 Å². The number of hydrogen-bond acceptors (Lipinski definition) is 2. The number of nitrogens with zero attached hydrogens (tertiary/aromatic N) is 4. The van der Waals surface area contributed by atoms with Gasteiger partial charge in [0.2, 0.25) is 0 Å². The molecule has 0 bridgehead atoms. The monoisotopic (exact) mass is 794 g/mol. The van der Waals surface area contributed by atoms with Crippen molar-refractivity contribution in [3.63, 3.8) is 0 Å². The summed E-state index contributed by atoms with van der Waals surface area (Å²) in [5, 5.41) is 4.67. The molecular formula is C25H10Cl3F17N4. The number of alkyl halides is 17. The van der Waals surface area contributed by atoms with Crippen LogP contribution in [0.5, 0.6) is 0 Å². The fourth-order valence-corrected chi connectivity index (χ4v) is 4.97. The number of hydrogen-bond donors (Lipinski definition) is 0.